The number of alkyl carbamates (subject to hydrolysis) is 1. The largest absolute Gasteiger partial charge is 0.445 e. The Morgan fingerprint density at radius 1 is 1.15 bits per heavy atom. The fourth-order valence-electron chi connectivity index (χ4n) is 3.38. The summed E-state index contributed by atoms with van der Waals surface area (Å²) in [7, 11) is 0. The van der Waals surface area contributed by atoms with Crippen LogP contribution in [-0.2, 0) is 22.7 Å². The number of hydrogen-bond acceptors (Lipinski definition) is 3. The lowest BCUT2D eigenvalue weighted by Crippen LogP contribution is -2.65. The van der Waals surface area contributed by atoms with Gasteiger partial charge in [0.05, 0.1) is 12.0 Å². The molecule has 140 valence electrons. The lowest BCUT2D eigenvalue weighted by molar-refractivity contribution is -0.155. The van der Waals surface area contributed by atoms with E-state index in [0.717, 1.165) is 11.1 Å². The normalized spacial score (nSPS) is 19.7. The maximum absolute atomic E-state index is 12.6. The Labute approximate surface area is 159 Å². The van der Waals surface area contributed by atoms with Crippen LogP contribution in [0.4, 0.5) is 4.79 Å². The van der Waals surface area contributed by atoms with Crippen molar-refractivity contribution in [2.24, 2.45) is 5.92 Å². The fraction of sp³-hybridized carbons (Fsp3) is 0.273. The van der Waals surface area contributed by atoms with Crippen LogP contribution >= 0.6 is 0 Å². The van der Waals surface area contributed by atoms with Crippen molar-refractivity contribution in [3.63, 3.8) is 0 Å². The molecule has 0 spiro atoms. The summed E-state index contributed by atoms with van der Waals surface area (Å²) in [5.41, 5.74) is 1.98. The van der Waals surface area contributed by atoms with Gasteiger partial charge in [-0.15, -0.1) is 6.58 Å². The van der Waals surface area contributed by atoms with E-state index < -0.39 is 6.09 Å². The van der Waals surface area contributed by atoms with Gasteiger partial charge in [-0.2, -0.15) is 0 Å². The second-order valence-electron chi connectivity index (χ2n) is 6.70. The molecule has 1 aliphatic heterocycles. The third-order valence-corrected chi connectivity index (χ3v) is 4.83. The van der Waals surface area contributed by atoms with Crippen molar-refractivity contribution in [2.45, 2.75) is 32.2 Å². The number of nitrogens with one attached hydrogen (secondary N) is 1. The van der Waals surface area contributed by atoms with Crippen LogP contribution in [0.3, 0.4) is 0 Å². The van der Waals surface area contributed by atoms with Crippen LogP contribution in [0.25, 0.3) is 0 Å². The summed E-state index contributed by atoms with van der Waals surface area (Å²) >= 11 is 0. The fourth-order valence-corrected chi connectivity index (χ4v) is 3.38. The van der Waals surface area contributed by atoms with E-state index in [0.29, 0.717) is 6.54 Å². The summed E-state index contributed by atoms with van der Waals surface area (Å²) in [4.78, 5) is 26.5. The molecule has 5 heteroatoms. The number of benzene rings is 2. The molecule has 1 heterocycles. The lowest BCUT2D eigenvalue weighted by Gasteiger charge is -2.48. The zero-order chi connectivity index (χ0) is 19.2. The smallest absolute Gasteiger partial charge is 0.407 e. The lowest BCUT2D eigenvalue weighted by atomic mass is 9.81. The predicted molar refractivity (Wildman–Crippen MR) is 104 cm³/mol. The van der Waals surface area contributed by atoms with Gasteiger partial charge in [-0.1, -0.05) is 66.7 Å². The molecule has 1 fully saturated rings. The minimum Gasteiger partial charge on any atom is -0.445 e. The Hall–Kier alpha value is -3.08. The van der Waals surface area contributed by atoms with Gasteiger partial charge in [0.25, 0.3) is 0 Å². The van der Waals surface area contributed by atoms with Crippen molar-refractivity contribution < 1.29 is 14.3 Å². The van der Waals surface area contributed by atoms with Crippen molar-refractivity contribution in [1.29, 1.82) is 0 Å². The number of amides is 2. The highest BCUT2D eigenvalue weighted by molar-refractivity contribution is 5.88. The highest BCUT2D eigenvalue weighted by Gasteiger charge is 2.48. The van der Waals surface area contributed by atoms with Crippen LogP contribution in [0.15, 0.2) is 73.3 Å². The van der Waals surface area contributed by atoms with Crippen LogP contribution in [-0.4, -0.2) is 29.0 Å². The van der Waals surface area contributed by atoms with Crippen LogP contribution < -0.4 is 5.32 Å². The van der Waals surface area contributed by atoms with Gasteiger partial charge < -0.3 is 15.0 Å². The Balaban J connectivity index is 1.53. The number of nitrogens with zero attached hydrogens (tertiary/aromatic N) is 1. The van der Waals surface area contributed by atoms with E-state index in [2.05, 4.69) is 11.9 Å². The second-order valence-corrected chi connectivity index (χ2v) is 6.70. The van der Waals surface area contributed by atoms with Gasteiger partial charge >= 0.3 is 6.09 Å². The topological polar surface area (TPSA) is 58.6 Å². The van der Waals surface area contributed by atoms with Crippen molar-refractivity contribution in [3.05, 3.63) is 84.4 Å². The first-order chi connectivity index (χ1) is 13.1. The molecule has 0 bridgehead atoms. The van der Waals surface area contributed by atoms with Crippen LogP contribution in [0.2, 0.25) is 0 Å². The van der Waals surface area contributed by atoms with E-state index in [1.807, 2.05) is 67.6 Å². The molecule has 0 unspecified atom stereocenters. The molecule has 0 saturated carbocycles. The quantitative estimate of drug-likeness (QED) is 0.604. The first-order valence-corrected chi connectivity index (χ1v) is 9.04. The number of rotatable bonds is 7. The molecule has 0 aromatic heterocycles. The molecule has 2 aromatic rings. The highest BCUT2D eigenvalue weighted by Crippen LogP contribution is 2.32. The number of β-lactam (4-membered cyclic amide) rings is 1. The Kier molecular flexibility index (Phi) is 5.91. The van der Waals surface area contributed by atoms with Crippen LogP contribution in [0.1, 0.15) is 18.1 Å². The van der Waals surface area contributed by atoms with Gasteiger partial charge in [-0.3, -0.25) is 4.79 Å². The summed E-state index contributed by atoms with van der Waals surface area (Å²) in [5.74, 6) is -0.310. The maximum Gasteiger partial charge on any atom is 0.407 e. The molecule has 2 aromatic carbocycles. The average molecular weight is 364 g/mol. The second kappa shape index (κ2) is 8.54. The van der Waals surface area contributed by atoms with Gasteiger partial charge in [-0.05, 0) is 18.1 Å². The SMILES string of the molecule is C=C[C@@H]1[C@@H]([C@H](C)NC(=O)OCc2ccccc2)C(=O)N1Cc1ccccc1. The summed E-state index contributed by atoms with van der Waals surface area (Å²) < 4.78 is 5.24. The summed E-state index contributed by atoms with van der Waals surface area (Å²) in [6.45, 7) is 6.42. The van der Waals surface area contributed by atoms with E-state index in [1.54, 1.807) is 11.0 Å². The van der Waals surface area contributed by atoms with Gasteiger partial charge in [0.15, 0.2) is 0 Å². The van der Waals surface area contributed by atoms with E-state index in [4.69, 9.17) is 4.74 Å². The van der Waals surface area contributed by atoms with E-state index in [9.17, 15) is 9.59 Å². The first-order valence-electron chi connectivity index (χ1n) is 9.04. The predicted octanol–water partition coefficient (Wildman–Crippen LogP) is 3.51. The van der Waals surface area contributed by atoms with Crippen molar-refractivity contribution in [1.82, 2.24) is 10.2 Å². The van der Waals surface area contributed by atoms with Gasteiger partial charge in [0.2, 0.25) is 5.91 Å². The van der Waals surface area contributed by atoms with Gasteiger partial charge in [-0.25, -0.2) is 4.79 Å². The number of carbonyl (C=O) groups is 2. The Morgan fingerprint density at radius 2 is 1.74 bits per heavy atom. The first kappa shape index (κ1) is 18.7. The minimum absolute atomic E-state index is 0.0135. The number of likely N-dealkylation sites (tertiary alicyclic amines) is 1. The molecule has 0 aliphatic carbocycles. The zero-order valence-corrected chi connectivity index (χ0v) is 15.4. The molecule has 2 amide bonds. The van der Waals surface area contributed by atoms with Gasteiger partial charge in [0, 0.05) is 12.6 Å². The summed E-state index contributed by atoms with van der Waals surface area (Å²) in [6.07, 6.45) is 1.24. The van der Waals surface area contributed by atoms with E-state index in [-0.39, 0.29) is 30.5 Å². The monoisotopic (exact) mass is 364 g/mol. The standard InChI is InChI=1S/C22H24N2O3/c1-3-19-20(21(25)24(19)14-17-10-6-4-7-11-17)16(2)23-22(26)27-15-18-12-8-5-9-13-18/h3-13,16,19-20H,1,14-15H2,2H3,(H,23,26)/t16-,19+,20+/m0/s1. The molecular formula is C22H24N2O3. The maximum atomic E-state index is 12.6. The number of hydrogen-bond donors (Lipinski definition) is 1. The Bertz CT molecular complexity index is 792. The van der Waals surface area contributed by atoms with Crippen molar-refractivity contribution in [2.75, 3.05) is 0 Å². The zero-order valence-electron chi connectivity index (χ0n) is 15.4. The Morgan fingerprint density at radius 3 is 2.33 bits per heavy atom. The van der Waals surface area contributed by atoms with Gasteiger partial charge in [0.1, 0.15) is 6.61 Å². The van der Waals surface area contributed by atoms with Crippen LogP contribution in [0, 0.1) is 5.92 Å². The molecule has 5 nitrogen and oxygen atoms in total. The molecule has 3 atom stereocenters. The number of carbonyl (C=O) groups excluding carboxylic acids is 2. The average Bonchev–Trinajstić information content (AvgIpc) is 2.69. The molecule has 3 rings (SSSR count). The van der Waals surface area contributed by atoms with E-state index >= 15 is 0 Å². The molecule has 1 N–H and O–H groups in total. The third kappa shape index (κ3) is 4.37. The van der Waals surface area contributed by atoms with Crippen molar-refractivity contribution in [3.8, 4) is 0 Å². The molecular weight excluding hydrogens is 340 g/mol. The summed E-state index contributed by atoms with van der Waals surface area (Å²) in [6, 6.07) is 18.9. The van der Waals surface area contributed by atoms with Crippen molar-refractivity contribution >= 4 is 12.0 Å². The minimum atomic E-state index is -0.525. The summed E-state index contributed by atoms with van der Waals surface area (Å²) in [5, 5.41) is 2.77. The van der Waals surface area contributed by atoms with E-state index in [1.165, 1.54) is 0 Å². The molecule has 1 aliphatic rings. The molecule has 1 saturated heterocycles. The number of ether oxygens (including phenoxy) is 1. The molecule has 27 heavy (non-hydrogen) atoms. The third-order valence-electron chi connectivity index (χ3n) is 4.83. The molecule has 0 radical (unpaired) electrons. The van der Waals surface area contributed by atoms with Crippen LogP contribution in [0.5, 0.6) is 0 Å². The highest BCUT2D eigenvalue weighted by atomic mass is 16.5.